The van der Waals surface area contributed by atoms with Crippen LogP contribution < -0.4 is 10.6 Å². The van der Waals surface area contributed by atoms with Crippen molar-refractivity contribution in [1.29, 1.82) is 0 Å². The second-order valence-electron chi connectivity index (χ2n) is 5.79. The van der Waals surface area contributed by atoms with E-state index in [0.717, 1.165) is 49.8 Å². The predicted octanol–water partition coefficient (Wildman–Crippen LogP) is 1.11. The number of aromatic nitrogens is 1. The number of hydrogen-bond acceptors (Lipinski definition) is 4. The summed E-state index contributed by atoms with van der Waals surface area (Å²) >= 11 is 0. The number of carbonyl (C=O) groups excluding carboxylic acids is 1. The Kier molecular flexibility index (Phi) is 3.53. The van der Waals surface area contributed by atoms with E-state index in [0.29, 0.717) is 11.4 Å². The molecule has 0 aliphatic heterocycles. The fourth-order valence-electron chi connectivity index (χ4n) is 2.93. The van der Waals surface area contributed by atoms with Gasteiger partial charge in [-0.3, -0.25) is 9.59 Å². The lowest BCUT2D eigenvalue weighted by molar-refractivity contribution is -0.135. The Balaban J connectivity index is 2.05. The fourth-order valence-corrected chi connectivity index (χ4v) is 2.93. The van der Waals surface area contributed by atoms with Crippen LogP contribution in [0.2, 0.25) is 0 Å². The molecule has 1 amide bonds. The molecule has 0 spiro atoms. The van der Waals surface area contributed by atoms with Gasteiger partial charge < -0.3 is 15.7 Å². The van der Waals surface area contributed by atoms with Gasteiger partial charge in [-0.1, -0.05) is 0 Å². The van der Waals surface area contributed by atoms with Crippen molar-refractivity contribution in [1.82, 2.24) is 4.98 Å². The van der Waals surface area contributed by atoms with E-state index in [9.17, 15) is 9.59 Å². The van der Waals surface area contributed by atoms with Gasteiger partial charge in [0.2, 0.25) is 0 Å². The molecule has 1 aromatic rings. The Labute approximate surface area is 123 Å². The van der Waals surface area contributed by atoms with Crippen molar-refractivity contribution in [3.8, 4) is 0 Å². The van der Waals surface area contributed by atoms with E-state index in [1.807, 2.05) is 6.07 Å². The van der Waals surface area contributed by atoms with E-state index >= 15 is 0 Å². The first-order valence-corrected chi connectivity index (χ1v) is 7.37. The highest BCUT2D eigenvalue weighted by atomic mass is 16.4. The van der Waals surface area contributed by atoms with Crippen LogP contribution in [0.3, 0.4) is 0 Å². The van der Waals surface area contributed by atoms with Crippen LogP contribution in [0.25, 0.3) is 0 Å². The monoisotopic (exact) mass is 289 g/mol. The topological polar surface area (TPSA) is 96.5 Å². The highest BCUT2D eigenvalue weighted by molar-refractivity contribution is 5.98. The quantitative estimate of drug-likeness (QED) is 0.846. The highest BCUT2D eigenvalue weighted by Gasteiger charge is 2.34. The van der Waals surface area contributed by atoms with Gasteiger partial charge in [-0.25, -0.2) is 4.98 Å². The number of nitrogens with zero attached hydrogens (tertiary/aromatic N) is 2. The van der Waals surface area contributed by atoms with E-state index in [2.05, 4.69) is 4.98 Å². The van der Waals surface area contributed by atoms with Gasteiger partial charge in [0, 0.05) is 11.7 Å². The van der Waals surface area contributed by atoms with E-state index in [1.54, 1.807) is 4.90 Å². The molecule has 1 heterocycles. The van der Waals surface area contributed by atoms with Crippen molar-refractivity contribution in [2.24, 2.45) is 5.73 Å². The lowest BCUT2D eigenvalue weighted by Crippen LogP contribution is -2.35. The summed E-state index contributed by atoms with van der Waals surface area (Å²) in [6.45, 7) is -0.142. The van der Waals surface area contributed by atoms with Gasteiger partial charge in [0.25, 0.3) is 5.91 Å². The summed E-state index contributed by atoms with van der Waals surface area (Å²) in [5, 5.41) is 9.10. The van der Waals surface area contributed by atoms with Crippen molar-refractivity contribution in [2.45, 2.75) is 44.6 Å². The summed E-state index contributed by atoms with van der Waals surface area (Å²) in [5.74, 6) is -1.01. The number of fused-ring (bicyclic) bond motifs is 1. The standard InChI is InChI=1S/C15H19N3O3/c16-14(21)11-7-9-3-1-2-4-12(9)17-15(11)18(8-13(19)20)10-5-6-10/h7,10H,1-6,8H2,(H2,16,21)(H,19,20). The van der Waals surface area contributed by atoms with Crippen molar-refractivity contribution < 1.29 is 14.7 Å². The summed E-state index contributed by atoms with van der Waals surface area (Å²) in [4.78, 5) is 29.2. The van der Waals surface area contributed by atoms with Crippen LogP contribution in [0.1, 0.15) is 47.3 Å². The zero-order valence-corrected chi connectivity index (χ0v) is 11.8. The van der Waals surface area contributed by atoms with Gasteiger partial charge in [-0.15, -0.1) is 0 Å². The smallest absolute Gasteiger partial charge is 0.323 e. The predicted molar refractivity (Wildman–Crippen MR) is 77.4 cm³/mol. The van der Waals surface area contributed by atoms with E-state index in [4.69, 9.17) is 10.8 Å². The molecule has 2 aliphatic carbocycles. The lowest BCUT2D eigenvalue weighted by atomic mass is 9.94. The molecule has 1 fully saturated rings. The number of rotatable bonds is 5. The van der Waals surface area contributed by atoms with Gasteiger partial charge in [-0.05, 0) is 50.2 Å². The average Bonchev–Trinajstić information content (AvgIpc) is 3.27. The minimum atomic E-state index is -0.920. The average molecular weight is 289 g/mol. The van der Waals surface area contributed by atoms with Crippen LogP contribution in [0.15, 0.2) is 6.07 Å². The molecule has 0 saturated heterocycles. The molecule has 0 atom stereocenters. The summed E-state index contributed by atoms with van der Waals surface area (Å²) in [6, 6.07) is 1.98. The van der Waals surface area contributed by atoms with Crippen LogP contribution >= 0.6 is 0 Å². The number of anilines is 1. The largest absolute Gasteiger partial charge is 0.480 e. The van der Waals surface area contributed by atoms with Crippen molar-refractivity contribution in [3.05, 3.63) is 22.9 Å². The zero-order chi connectivity index (χ0) is 15.0. The summed E-state index contributed by atoms with van der Waals surface area (Å²) in [5.41, 5.74) is 7.89. The molecule has 6 nitrogen and oxygen atoms in total. The molecule has 0 unspecified atom stereocenters. The Morgan fingerprint density at radius 2 is 2.05 bits per heavy atom. The third kappa shape index (κ3) is 2.84. The highest BCUT2D eigenvalue weighted by Crippen LogP contribution is 2.34. The maximum atomic E-state index is 11.7. The number of pyridine rings is 1. The van der Waals surface area contributed by atoms with Crippen LogP contribution in [-0.4, -0.2) is 34.6 Å². The molecule has 0 aromatic carbocycles. The normalized spacial score (nSPS) is 17.1. The number of carboxylic acids is 1. The maximum absolute atomic E-state index is 11.7. The number of amides is 1. The number of carbonyl (C=O) groups is 2. The molecule has 1 saturated carbocycles. The first kappa shape index (κ1) is 13.9. The number of primary amides is 1. The van der Waals surface area contributed by atoms with Gasteiger partial charge in [-0.2, -0.15) is 0 Å². The van der Waals surface area contributed by atoms with E-state index < -0.39 is 11.9 Å². The summed E-state index contributed by atoms with van der Waals surface area (Å²) in [7, 11) is 0. The molecule has 3 rings (SSSR count). The second kappa shape index (κ2) is 5.35. The number of nitrogens with two attached hydrogens (primary N) is 1. The van der Waals surface area contributed by atoms with Gasteiger partial charge in [0.15, 0.2) is 0 Å². The molecular formula is C15H19N3O3. The van der Waals surface area contributed by atoms with Gasteiger partial charge in [0.1, 0.15) is 12.4 Å². The number of hydrogen-bond donors (Lipinski definition) is 2. The third-order valence-corrected chi connectivity index (χ3v) is 4.11. The van der Waals surface area contributed by atoms with Crippen LogP contribution in [-0.2, 0) is 17.6 Å². The number of carboxylic acid groups (broad SMARTS) is 1. The Hall–Kier alpha value is -2.11. The van der Waals surface area contributed by atoms with Crippen molar-refractivity contribution in [3.63, 3.8) is 0 Å². The molecule has 3 N–H and O–H groups in total. The number of aryl methyl sites for hydroxylation is 2. The summed E-state index contributed by atoms with van der Waals surface area (Å²) in [6.07, 6.45) is 5.83. The molecule has 6 heteroatoms. The van der Waals surface area contributed by atoms with E-state index in [-0.39, 0.29) is 12.6 Å². The van der Waals surface area contributed by atoms with E-state index in [1.165, 1.54) is 0 Å². The minimum absolute atomic E-state index is 0.142. The molecule has 0 bridgehead atoms. The Morgan fingerprint density at radius 1 is 1.33 bits per heavy atom. The first-order chi connectivity index (χ1) is 10.1. The maximum Gasteiger partial charge on any atom is 0.323 e. The first-order valence-electron chi connectivity index (χ1n) is 7.37. The second-order valence-corrected chi connectivity index (χ2v) is 5.79. The molecule has 0 radical (unpaired) electrons. The zero-order valence-electron chi connectivity index (χ0n) is 11.8. The van der Waals surface area contributed by atoms with Gasteiger partial charge in [0.05, 0.1) is 5.56 Å². The SMILES string of the molecule is NC(=O)c1cc2c(nc1N(CC(=O)O)C1CC1)CCCC2. The van der Waals surface area contributed by atoms with Gasteiger partial charge >= 0.3 is 5.97 Å². The van der Waals surface area contributed by atoms with Crippen LogP contribution in [0.5, 0.6) is 0 Å². The van der Waals surface area contributed by atoms with Crippen molar-refractivity contribution in [2.75, 3.05) is 11.4 Å². The molecule has 2 aliphatic rings. The third-order valence-electron chi connectivity index (χ3n) is 4.11. The minimum Gasteiger partial charge on any atom is -0.480 e. The number of aliphatic carboxylic acids is 1. The summed E-state index contributed by atoms with van der Waals surface area (Å²) < 4.78 is 0. The Bertz CT molecular complexity index is 596. The lowest BCUT2D eigenvalue weighted by Gasteiger charge is -2.26. The molecule has 112 valence electrons. The van der Waals surface area contributed by atoms with Crippen molar-refractivity contribution >= 4 is 17.7 Å². The molecular weight excluding hydrogens is 270 g/mol. The fraction of sp³-hybridized carbons (Fsp3) is 0.533. The Morgan fingerprint density at radius 3 is 2.67 bits per heavy atom. The molecule has 1 aromatic heterocycles. The van der Waals surface area contributed by atoms with Crippen LogP contribution in [0.4, 0.5) is 5.82 Å². The molecule has 21 heavy (non-hydrogen) atoms. The van der Waals surface area contributed by atoms with Crippen LogP contribution in [0, 0.1) is 0 Å².